The highest BCUT2D eigenvalue weighted by Gasteiger charge is 2.19. The van der Waals surface area contributed by atoms with E-state index in [2.05, 4.69) is 4.72 Å². The number of thioether (sulfide) groups is 1. The number of aliphatic hydroxyl groups excluding tert-OH is 1. The molecule has 0 radical (unpaired) electrons. The van der Waals surface area contributed by atoms with Crippen LogP contribution in [0.25, 0.3) is 0 Å². The van der Waals surface area contributed by atoms with Crippen LogP contribution in [0.15, 0.2) is 40.1 Å². The summed E-state index contributed by atoms with van der Waals surface area (Å²) in [5, 5.41) is 9.08. The maximum Gasteiger partial charge on any atom is 0.263 e. The van der Waals surface area contributed by atoms with E-state index in [-0.39, 0.29) is 11.5 Å². The summed E-state index contributed by atoms with van der Waals surface area (Å²) in [6.07, 6.45) is 1.96. The van der Waals surface area contributed by atoms with Crippen molar-refractivity contribution in [2.24, 2.45) is 0 Å². The maximum atomic E-state index is 12.3. The van der Waals surface area contributed by atoms with Crippen LogP contribution in [0, 0.1) is 6.92 Å². The largest absolute Gasteiger partial charge is 0.391 e. The van der Waals surface area contributed by atoms with Crippen molar-refractivity contribution in [2.45, 2.75) is 23.3 Å². The minimum atomic E-state index is -3.61. The zero-order valence-corrected chi connectivity index (χ0v) is 13.5. The number of sulfonamides is 1. The SMILES string of the molecule is CSc1ccc(NS(=O)(=O)c2cc(CO)sc2C)cc1. The molecule has 0 aliphatic rings. The zero-order chi connectivity index (χ0) is 14.8. The molecule has 0 bridgehead atoms. The Morgan fingerprint density at radius 3 is 2.45 bits per heavy atom. The lowest BCUT2D eigenvalue weighted by Crippen LogP contribution is -2.13. The number of benzene rings is 1. The van der Waals surface area contributed by atoms with Crippen molar-refractivity contribution in [3.05, 3.63) is 40.1 Å². The van der Waals surface area contributed by atoms with Gasteiger partial charge < -0.3 is 5.11 Å². The summed E-state index contributed by atoms with van der Waals surface area (Å²) < 4.78 is 27.2. The monoisotopic (exact) mass is 329 g/mol. The van der Waals surface area contributed by atoms with E-state index in [4.69, 9.17) is 5.11 Å². The average Bonchev–Trinajstić information content (AvgIpc) is 2.81. The highest BCUT2D eigenvalue weighted by molar-refractivity contribution is 7.98. The number of hydrogen-bond acceptors (Lipinski definition) is 5. The van der Waals surface area contributed by atoms with Crippen LogP contribution >= 0.6 is 23.1 Å². The van der Waals surface area contributed by atoms with Gasteiger partial charge in [-0.05, 0) is 43.5 Å². The molecule has 0 aliphatic carbocycles. The topological polar surface area (TPSA) is 66.4 Å². The molecule has 2 rings (SSSR count). The van der Waals surface area contributed by atoms with Gasteiger partial charge in [-0.2, -0.15) is 0 Å². The quantitative estimate of drug-likeness (QED) is 0.827. The van der Waals surface area contributed by atoms with Crippen molar-refractivity contribution in [3.8, 4) is 0 Å². The molecule has 2 N–H and O–H groups in total. The number of aliphatic hydroxyl groups is 1. The molecule has 0 unspecified atom stereocenters. The number of aryl methyl sites for hydroxylation is 1. The van der Waals surface area contributed by atoms with Gasteiger partial charge in [0.25, 0.3) is 10.0 Å². The fraction of sp³-hybridized carbons (Fsp3) is 0.231. The Morgan fingerprint density at radius 1 is 1.30 bits per heavy atom. The Balaban J connectivity index is 2.27. The summed E-state index contributed by atoms with van der Waals surface area (Å²) in [4.78, 5) is 2.60. The molecule has 0 atom stereocenters. The van der Waals surface area contributed by atoms with E-state index in [0.717, 1.165) is 4.90 Å². The molecule has 0 amide bonds. The molecule has 2 aromatic rings. The van der Waals surface area contributed by atoms with Crippen LogP contribution in [0.4, 0.5) is 5.69 Å². The van der Waals surface area contributed by atoms with E-state index in [9.17, 15) is 8.42 Å². The van der Waals surface area contributed by atoms with Crippen molar-refractivity contribution in [1.29, 1.82) is 0 Å². The molecule has 7 heteroatoms. The summed E-state index contributed by atoms with van der Waals surface area (Å²) >= 11 is 2.88. The maximum absolute atomic E-state index is 12.3. The first-order chi connectivity index (χ1) is 9.46. The van der Waals surface area contributed by atoms with Crippen LogP contribution in [-0.4, -0.2) is 19.8 Å². The van der Waals surface area contributed by atoms with E-state index >= 15 is 0 Å². The van der Waals surface area contributed by atoms with Crippen molar-refractivity contribution in [1.82, 2.24) is 0 Å². The van der Waals surface area contributed by atoms with Gasteiger partial charge in [0.2, 0.25) is 0 Å². The first-order valence-electron chi connectivity index (χ1n) is 5.83. The number of thiophene rings is 1. The fourth-order valence-electron chi connectivity index (χ4n) is 1.74. The van der Waals surface area contributed by atoms with Gasteiger partial charge in [0.05, 0.1) is 6.61 Å². The molecule has 0 aliphatic heterocycles. The molecule has 0 saturated heterocycles. The summed E-state index contributed by atoms with van der Waals surface area (Å²) in [6.45, 7) is 1.58. The van der Waals surface area contributed by atoms with Crippen molar-refractivity contribution in [2.75, 3.05) is 11.0 Å². The van der Waals surface area contributed by atoms with Crippen LogP contribution < -0.4 is 4.72 Å². The second-order valence-electron chi connectivity index (χ2n) is 4.13. The lowest BCUT2D eigenvalue weighted by atomic mass is 10.3. The normalized spacial score (nSPS) is 11.6. The minimum absolute atomic E-state index is 0.149. The predicted molar refractivity (Wildman–Crippen MR) is 84.0 cm³/mol. The molecule has 1 aromatic carbocycles. The van der Waals surface area contributed by atoms with Gasteiger partial charge in [0.15, 0.2) is 0 Å². The summed E-state index contributed by atoms with van der Waals surface area (Å²) in [5.41, 5.74) is 0.527. The van der Waals surface area contributed by atoms with Crippen LogP contribution in [-0.2, 0) is 16.6 Å². The van der Waals surface area contributed by atoms with E-state index in [0.29, 0.717) is 15.4 Å². The molecule has 108 valence electrons. The molecule has 4 nitrogen and oxygen atoms in total. The highest BCUT2D eigenvalue weighted by Crippen LogP contribution is 2.28. The Hall–Kier alpha value is -1.02. The summed E-state index contributed by atoms with van der Waals surface area (Å²) in [7, 11) is -3.61. The fourth-order valence-corrected chi connectivity index (χ4v) is 4.70. The van der Waals surface area contributed by atoms with Crippen molar-refractivity contribution < 1.29 is 13.5 Å². The zero-order valence-electron chi connectivity index (χ0n) is 11.1. The summed E-state index contributed by atoms with van der Waals surface area (Å²) in [6, 6.07) is 8.71. The van der Waals surface area contributed by atoms with Crippen molar-refractivity contribution in [3.63, 3.8) is 0 Å². The second-order valence-corrected chi connectivity index (χ2v) is 8.00. The van der Waals surface area contributed by atoms with Gasteiger partial charge in [-0.1, -0.05) is 0 Å². The minimum Gasteiger partial charge on any atom is -0.391 e. The third kappa shape index (κ3) is 3.35. The van der Waals surface area contributed by atoms with Crippen LogP contribution in [0.2, 0.25) is 0 Å². The first kappa shape index (κ1) is 15.4. The molecule has 20 heavy (non-hydrogen) atoms. The lowest BCUT2D eigenvalue weighted by molar-refractivity contribution is 0.285. The Kier molecular flexibility index (Phi) is 4.74. The van der Waals surface area contributed by atoms with Gasteiger partial charge in [0, 0.05) is 20.3 Å². The molecule has 0 spiro atoms. The smallest absolute Gasteiger partial charge is 0.263 e. The molecule has 1 heterocycles. The average molecular weight is 329 g/mol. The standard InChI is InChI=1S/C13H15NO3S3/c1-9-13(7-12(8-15)19-9)20(16,17)14-10-3-5-11(18-2)6-4-10/h3-7,14-15H,8H2,1-2H3. The Labute approximate surface area is 126 Å². The number of nitrogens with one attached hydrogen (secondary N) is 1. The number of rotatable bonds is 5. The first-order valence-corrected chi connectivity index (χ1v) is 9.36. The van der Waals surface area contributed by atoms with E-state index < -0.39 is 10.0 Å². The highest BCUT2D eigenvalue weighted by atomic mass is 32.2. The molecular weight excluding hydrogens is 314 g/mol. The molecule has 1 aromatic heterocycles. The van der Waals surface area contributed by atoms with Gasteiger partial charge in [-0.15, -0.1) is 23.1 Å². The van der Waals surface area contributed by atoms with E-state index in [1.807, 2.05) is 18.4 Å². The van der Waals surface area contributed by atoms with Crippen LogP contribution in [0.5, 0.6) is 0 Å². The van der Waals surface area contributed by atoms with Crippen LogP contribution in [0.1, 0.15) is 9.75 Å². The predicted octanol–water partition coefficient (Wildman–Crippen LogP) is 3.07. The lowest BCUT2D eigenvalue weighted by Gasteiger charge is -2.08. The molecule has 0 fully saturated rings. The third-order valence-corrected chi connectivity index (χ3v) is 6.13. The van der Waals surface area contributed by atoms with Gasteiger partial charge in [-0.3, -0.25) is 4.72 Å². The van der Waals surface area contributed by atoms with Crippen LogP contribution in [0.3, 0.4) is 0 Å². The van der Waals surface area contributed by atoms with Gasteiger partial charge in [-0.25, -0.2) is 8.42 Å². The number of anilines is 1. The third-order valence-electron chi connectivity index (χ3n) is 2.71. The van der Waals surface area contributed by atoms with Gasteiger partial charge in [0.1, 0.15) is 4.90 Å². The van der Waals surface area contributed by atoms with E-state index in [1.54, 1.807) is 30.8 Å². The summed E-state index contributed by atoms with van der Waals surface area (Å²) in [5.74, 6) is 0. The number of hydrogen-bond donors (Lipinski definition) is 2. The van der Waals surface area contributed by atoms with Gasteiger partial charge >= 0.3 is 0 Å². The Morgan fingerprint density at radius 2 is 1.95 bits per heavy atom. The second kappa shape index (κ2) is 6.17. The molecular formula is C13H15NO3S3. The van der Waals surface area contributed by atoms with E-state index in [1.165, 1.54) is 17.4 Å². The Bertz CT molecular complexity index is 690. The molecule has 0 saturated carbocycles. The van der Waals surface area contributed by atoms with Crippen molar-refractivity contribution >= 4 is 38.8 Å².